The van der Waals surface area contributed by atoms with Gasteiger partial charge in [0.1, 0.15) is 12.1 Å². The number of nitriles is 2. The summed E-state index contributed by atoms with van der Waals surface area (Å²) in [5.74, 6) is 1.61. The van der Waals surface area contributed by atoms with E-state index in [0.717, 1.165) is 11.5 Å². The summed E-state index contributed by atoms with van der Waals surface area (Å²) in [7, 11) is 0. The standard InChI is InChI=1S/C8H11N3S/c1-7(3-9)5-12-6-8(2,4-10)11-7/h11H,5-6H2,1-2H3/p+1/t7-,8-/m1/s1. The third-order valence-electron chi connectivity index (χ3n) is 1.95. The Morgan fingerprint density at radius 2 is 1.58 bits per heavy atom. The Labute approximate surface area is 76.7 Å². The predicted molar refractivity (Wildman–Crippen MR) is 47.3 cm³/mol. The van der Waals surface area contributed by atoms with E-state index in [1.54, 1.807) is 11.8 Å². The number of rotatable bonds is 0. The maximum Gasteiger partial charge on any atom is 0.190 e. The maximum absolute atomic E-state index is 8.87. The lowest BCUT2D eigenvalue weighted by Gasteiger charge is -2.33. The molecule has 0 saturated carbocycles. The molecular formula is C8H12N3S+. The summed E-state index contributed by atoms with van der Waals surface area (Å²) in [5, 5.41) is 19.6. The van der Waals surface area contributed by atoms with Crippen LogP contribution in [0.3, 0.4) is 0 Å². The van der Waals surface area contributed by atoms with Gasteiger partial charge in [0.2, 0.25) is 0 Å². The molecule has 0 radical (unpaired) electrons. The van der Waals surface area contributed by atoms with Gasteiger partial charge in [-0.2, -0.15) is 10.5 Å². The van der Waals surface area contributed by atoms with E-state index in [-0.39, 0.29) is 0 Å². The molecule has 0 aliphatic carbocycles. The quantitative estimate of drug-likeness (QED) is 0.567. The van der Waals surface area contributed by atoms with Gasteiger partial charge < -0.3 is 5.32 Å². The second-order valence-corrected chi connectivity index (χ2v) is 4.68. The van der Waals surface area contributed by atoms with E-state index in [1.807, 2.05) is 19.2 Å². The van der Waals surface area contributed by atoms with Gasteiger partial charge in [0.25, 0.3) is 0 Å². The number of nitrogens with two attached hydrogens (primary N) is 1. The van der Waals surface area contributed by atoms with Gasteiger partial charge in [0, 0.05) is 13.8 Å². The largest absolute Gasteiger partial charge is 0.312 e. The van der Waals surface area contributed by atoms with Gasteiger partial charge >= 0.3 is 0 Å². The summed E-state index contributed by atoms with van der Waals surface area (Å²) < 4.78 is 0. The Balaban J connectivity index is 2.79. The van der Waals surface area contributed by atoms with Crippen molar-refractivity contribution in [2.24, 2.45) is 0 Å². The zero-order chi connectivity index (χ0) is 9.24. The first-order chi connectivity index (χ1) is 5.54. The molecule has 0 amide bonds. The molecule has 2 atom stereocenters. The maximum atomic E-state index is 8.87. The molecule has 1 fully saturated rings. The van der Waals surface area contributed by atoms with Crippen molar-refractivity contribution in [2.75, 3.05) is 11.5 Å². The highest BCUT2D eigenvalue weighted by Crippen LogP contribution is 2.19. The van der Waals surface area contributed by atoms with Crippen molar-refractivity contribution >= 4 is 11.8 Å². The fraction of sp³-hybridized carbons (Fsp3) is 0.750. The Hall–Kier alpha value is -0.710. The highest BCUT2D eigenvalue weighted by Gasteiger charge is 2.43. The van der Waals surface area contributed by atoms with E-state index >= 15 is 0 Å². The Bertz CT molecular complexity index is 238. The minimum Gasteiger partial charge on any atom is -0.312 e. The van der Waals surface area contributed by atoms with Crippen LogP contribution in [0.4, 0.5) is 0 Å². The van der Waals surface area contributed by atoms with Crippen molar-refractivity contribution in [3.8, 4) is 12.1 Å². The molecule has 2 N–H and O–H groups in total. The number of hydrogen-bond donors (Lipinski definition) is 1. The molecule has 1 heterocycles. The number of quaternary nitrogens is 1. The third kappa shape index (κ3) is 1.72. The summed E-state index contributed by atoms with van der Waals surface area (Å²) in [4.78, 5) is 0. The smallest absolute Gasteiger partial charge is 0.190 e. The van der Waals surface area contributed by atoms with Crippen LogP contribution in [0.1, 0.15) is 13.8 Å². The molecule has 64 valence electrons. The van der Waals surface area contributed by atoms with E-state index in [0.29, 0.717) is 0 Å². The van der Waals surface area contributed by atoms with Crippen molar-refractivity contribution in [3.63, 3.8) is 0 Å². The van der Waals surface area contributed by atoms with Gasteiger partial charge in [0.05, 0.1) is 11.5 Å². The third-order valence-corrected chi connectivity index (χ3v) is 3.56. The summed E-state index contributed by atoms with van der Waals surface area (Å²) in [6.45, 7) is 3.77. The molecular weight excluding hydrogens is 170 g/mol. The van der Waals surface area contributed by atoms with Gasteiger partial charge in [-0.1, -0.05) is 0 Å². The summed E-state index contributed by atoms with van der Waals surface area (Å²) in [6, 6.07) is 4.48. The van der Waals surface area contributed by atoms with Crippen molar-refractivity contribution < 1.29 is 5.32 Å². The summed E-state index contributed by atoms with van der Waals surface area (Å²) in [6.07, 6.45) is 0. The van der Waals surface area contributed by atoms with E-state index in [9.17, 15) is 0 Å². The zero-order valence-electron chi connectivity index (χ0n) is 7.29. The first-order valence-electron chi connectivity index (χ1n) is 3.81. The van der Waals surface area contributed by atoms with Gasteiger partial charge in [-0.25, -0.2) is 0 Å². The SMILES string of the molecule is C[C@@]1(C#N)CSC[C@@](C)(C#N)[NH2+]1. The van der Waals surface area contributed by atoms with Crippen LogP contribution in [-0.4, -0.2) is 22.6 Å². The normalized spacial score (nSPS) is 41.3. The van der Waals surface area contributed by atoms with Crippen LogP contribution in [-0.2, 0) is 0 Å². The molecule has 0 aromatic heterocycles. The van der Waals surface area contributed by atoms with Crippen LogP contribution in [0, 0.1) is 22.7 Å². The molecule has 1 saturated heterocycles. The molecule has 1 rings (SSSR count). The fourth-order valence-electron chi connectivity index (χ4n) is 1.39. The van der Waals surface area contributed by atoms with Crippen molar-refractivity contribution in [1.82, 2.24) is 0 Å². The zero-order valence-corrected chi connectivity index (χ0v) is 8.11. The lowest BCUT2D eigenvalue weighted by molar-refractivity contribution is -0.754. The fourth-order valence-corrected chi connectivity index (χ4v) is 2.64. The highest BCUT2D eigenvalue weighted by atomic mass is 32.2. The lowest BCUT2D eigenvalue weighted by Crippen LogP contribution is -3.07. The molecule has 0 bridgehead atoms. The number of hydrogen-bond acceptors (Lipinski definition) is 3. The Morgan fingerprint density at radius 1 is 1.17 bits per heavy atom. The average molecular weight is 182 g/mol. The van der Waals surface area contributed by atoms with E-state index in [4.69, 9.17) is 10.5 Å². The molecule has 0 unspecified atom stereocenters. The summed E-state index contributed by atoms with van der Waals surface area (Å²) in [5.41, 5.74) is -0.846. The monoisotopic (exact) mass is 182 g/mol. The van der Waals surface area contributed by atoms with Crippen LogP contribution in [0.25, 0.3) is 0 Å². The van der Waals surface area contributed by atoms with Gasteiger partial charge in [-0.3, -0.25) is 0 Å². The average Bonchev–Trinajstić information content (AvgIpc) is 2.05. The molecule has 0 spiro atoms. The van der Waals surface area contributed by atoms with Crippen molar-refractivity contribution in [1.29, 1.82) is 10.5 Å². The van der Waals surface area contributed by atoms with Crippen LogP contribution in [0.2, 0.25) is 0 Å². The van der Waals surface area contributed by atoms with Crippen LogP contribution in [0.15, 0.2) is 0 Å². The second kappa shape index (κ2) is 2.97. The molecule has 3 nitrogen and oxygen atoms in total. The first kappa shape index (κ1) is 9.38. The second-order valence-electron chi connectivity index (χ2n) is 3.70. The molecule has 1 aliphatic rings. The highest BCUT2D eigenvalue weighted by molar-refractivity contribution is 7.99. The van der Waals surface area contributed by atoms with E-state index in [2.05, 4.69) is 12.1 Å². The lowest BCUT2D eigenvalue weighted by atomic mass is 9.99. The molecule has 0 aromatic rings. The molecule has 4 heteroatoms. The van der Waals surface area contributed by atoms with Crippen molar-refractivity contribution in [2.45, 2.75) is 24.9 Å². The Kier molecular flexibility index (Phi) is 2.32. The molecule has 1 aliphatic heterocycles. The predicted octanol–water partition coefficient (Wildman–Crippen LogP) is -0.139. The molecule has 0 aromatic carbocycles. The Morgan fingerprint density at radius 3 is 1.92 bits per heavy atom. The number of nitrogens with zero attached hydrogens (tertiary/aromatic N) is 2. The topological polar surface area (TPSA) is 64.2 Å². The minimum atomic E-state index is -0.423. The molecule has 12 heavy (non-hydrogen) atoms. The first-order valence-corrected chi connectivity index (χ1v) is 4.96. The van der Waals surface area contributed by atoms with Gasteiger partial charge in [0.15, 0.2) is 11.1 Å². The summed E-state index contributed by atoms with van der Waals surface area (Å²) >= 11 is 1.68. The van der Waals surface area contributed by atoms with E-state index < -0.39 is 11.1 Å². The van der Waals surface area contributed by atoms with Crippen LogP contribution < -0.4 is 5.32 Å². The van der Waals surface area contributed by atoms with Crippen molar-refractivity contribution in [3.05, 3.63) is 0 Å². The minimum absolute atomic E-state index is 0.423. The van der Waals surface area contributed by atoms with Gasteiger partial charge in [-0.15, -0.1) is 11.8 Å². The number of thioether (sulfide) groups is 1. The van der Waals surface area contributed by atoms with Crippen LogP contribution >= 0.6 is 11.8 Å². The van der Waals surface area contributed by atoms with Gasteiger partial charge in [-0.05, 0) is 0 Å². The van der Waals surface area contributed by atoms with E-state index in [1.165, 1.54) is 0 Å². The van der Waals surface area contributed by atoms with Crippen LogP contribution in [0.5, 0.6) is 0 Å².